The molecule has 2 aromatic carbocycles. The Balaban J connectivity index is 1.33. The number of nitrogens with one attached hydrogen (secondary N) is 1. The molecule has 1 amide bonds. The number of ether oxygens (including phenoxy) is 1. The molecule has 0 saturated carbocycles. The molecular formula is C22H19BrClN5O2. The number of rotatable bonds is 7. The number of hydrogen-bond donors (Lipinski definition) is 1. The van der Waals surface area contributed by atoms with Gasteiger partial charge in [-0.05, 0) is 54.4 Å². The normalized spacial score (nSPS) is 10.8. The van der Waals surface area contributed by atoms with Crippen molar-refractivity contribution >= 4 is 39.1 Å². The van der Waals surface area contributed by atoms with Crippen LogP contribution in [-0.4, -0.2) is 25.5 Å². The fraction of sp³-hybridized carbons (Fsp3) is 0.136. The quantitative estimate of drug-likeness (QED) is 0.381. The molecule has 0 radical (unpaired) electrons. The van der Waals surface area contributed by atoms with Gasteiger partial charge >= 0.3 is 0 Å². The second kappa shape index (κ2) is 9.36. The molecule has 1 N–H and O–H groups in total. The van der Waals surface area contributed by atoms with Gasteiger partial charge in [-0.2, -0.15) is 10.2 Å². The summed E-state index contributed by atoms with van der Waals surface area (Å²) in [6, 6.07) is 15.1. The van der Waals surface area contributed by atoms with E-state index < -0.39 is 0 Å². The molecule has 0 aliphatic heterocycles. The van der Waals surface area contributed by atoms with Gasteiger partial charge in [0.2, 0.25) is 0 Å². The summed E-state index contributed by atoms with van der Waals surface area (Å²) >= 11 is 9.45. The fourth-order valence-electron chi connectivity index (χ4n) is 2.89. The number of nitrogens with zero attached hydrogens (tertiary/aromatic N) is 4. The number of carbonyl (C=O) groups is 1. The van der Waals surface area contributed by atoms with Gasteiger partial charge in [-0.3, -0.25) is 9.48 Å². The lowest BCUT2D eigenvalue weighted by atomic mass is 10.2. The van der Waals surface area contributed by atoms with Gasteiger partial charge in [0, 0.05) is 21.9 Å². The van der Waals surface area contributed by atoms with E-state index in [1.807, 2.05) is 37.3 Å². The van der Waals surface area contributed by atoms with Crippen LogP contribution in [-0.2, 0) is 13.3 Å². The van der Waals surface area contributed by atoms with Crippen molar-refractivity contribution in [2.45, 2.75) is 20.2 Å². The summed E-state index contributed by atoms with van der Waals surface area (Å²) in [5, 5.41) is 12.1. The molecule has 31 heavy (non-hydrogen) atoms. The lowest BCUT2D eigenvalue weighted by Crippen LogP contribution is -2.14. The molecule has 0 unspecified atom stereocenters. The van der Waals surface area contributed by atoms with Crippen molar-refractivity contribution in [3.05, 3.63) is 93.4 Å². The number of amides is 1. The van der Waals surface area contributed by atoms with Gasteiger partial charge in [0.05, 0.1) is 18.4 Å². The van der Waals surface area contributed by atoms with Crippen molar-refractivity contribution < 1.29 is 9.53 Å². The highest BCUT2D eigenvalue weighted by molar-refractivity contribution is 9.10. The zero-order chi connectivity index (χ0) is 21.8. The first kappa shape index (κ1) is 21.1. The van der Waals surface area contributed by atoms with Crippen molar-refractivity contribution in [3.63, 3.8) is 0 Å². The third-order valence-corrected chi connectivity index (χ3v) is 5.47. The Morgan fingerprint density at radius 2 is 1.97 bits per heavy atom. The number of aryl methyl sites for hydroxylation is 1. The van der Waals surface area contributed by atoms with Crippen LogP contribution < -0.4 is 10.1 Å². The van der Waals surface area contributed by atoms with Crippen LogP contribution in [0.1, 0.15) is 21.6 Å². The maximum absolute atomic E-state index is 12.5. The highest BCUT2D eigenvalue weighted by Crippen LogP contribution is 2.21. The Hall–Kier alpha value is -3.10. The molecule has 2 heterocycles. The summed E-state index contributed by atoms with van der Waals surface area (Å²) < 4.78 is 10.0. The van der Waals surface area contributed by atoms with Gasteiger partial charge in [0.1, 0.15) is 5.75 Å². The topological polar surface area (TPSA) is 74.0 Å². The van der Waals surface area contributed by atoms with Crippen molar-refractivity contribution in [1.82, 2.24) is 19.6 Å². The van der Waals surface area contributed by atoms with Gasteiger partial charge in [-0.25, -0.2) is 4.68 Å². The van der Waals surface area contributed by atoms with E-state index in [4.69, 9.17) is 16.3 Å². The summed E-state index contributed by atoms with van der Waals surface area (Å²) in [7, 11) is 0. The molecule has 4 aromatic rings. The maximum Gasteiger partial charge on any atom is 0.276 e. The minimum atomic E-state index is -0.315. The van der Waals surface area contributed by atoms with Gasteiger partial charge < -0.3 is 10.1 Å². The Labute approximate surface area is 192 Å². The summed E-state index contributed by atoms with van der Waals surface area (Å²) in [5.74, 6) is 0.367. The van der Waals surface area contributed by atoms with Crippen LogP contribution >= 0.6 is 27.5 Å². The highest BCUT2D eigenvalue weighted by Gasteiger charge is 2.11. The molecule has 0 aliphatic carbocycles. The largest absolute Gasteiger partial charge is 0.471 e. The Kier molecular flexibility index (Phi) is 6.39. The maximum atomic E-state index is 12.5. The second-order valence-corrected chi connectivity index (χ2v) is 8.25. The second-order valence-electron chi connectivity index (χ2n) is 6.93. The van der Waals surface area contributed by atoms with Crippen molar-refractivity contribution in [1.29, 1.82) is 0 Å². The number of hydrogen-bond acceptors (Lipinski definition) is 4. The monoisotopic (exact) mass is 499 g/mol. The van der Waals surface area contributed by atoms with E-state index in [1.165, 1.54) is 0 Å². The molecule has 0 saturated heterocycles. The minimum absolute atomic E-state index is 0.180. The van der Waals surface area contributed by atoms with Crippen LogP contribution in [0.25, 0.3) is 0 Å². The predicted molar refractivity (Wildman–Crippen MR) is 122 cm³/mol. The number of aromatic nitrogens is 4. The van der Waals surface area contributed by atoms with Gasteiger partial charge in [-0.15, -0.1) is 0 Å². The summed E-state index contributed by atoms with van der Waals surface area (Å²) in [5.41, 5.74) is 2.93. The minimum Gasteiger partial charge on any atom is -0.471 e. The standard InChI is InChI=1S/C22H19BrClN5O2/c1-15-10-19(6-7-20(15)24)31-14-28-9-8-21(27-28)22(30)26-18-11-25-29(13-18)12-16-2-4-17(23)5-3-16/h2-11,13H,12,14H2,1H3,(H,26,30). The predicted octanol–water partition coefficient (Wildman–Crippen LogP) is 5.14. The van der Waals surface area contributed by atoms with Gasteiger partial charge in [0.15, 0.2) is 12.4 Å². The number of carbonyl (C=O) groups excluding carboxylic acids is 1. The molecule has 0 fully saturated rings. The molecular weight excluding hydrogens is 482 g/mol. The number of benzene rings is 2. The first-order chi connectivity index (χ1) is 15.0. The van der Waals surface area contributed by atoms with Gasteiger partial charge in [0.25, 0.3) is 5.91 Å². The number of anilines is 1. The van der Waals surface area contributed by atoms with Crippen LogP contribution in [0.5, 0.6) is 5.75 Å². The molecule has 158 valence electrons. The van der Waals surface area contributed by atoms with E-state index >= 15 is 0 Å². The zero-order valence-electron chi connectivity index (χ0n) is 16.6. The van der Waals surface area contributed by atoms with Gasteiger partial charge in [-0.1, -0.05) is 39.7 Å². The molecule has 0 spiro atoms. The van der Waals surface area contributed by atoms with Crippen molar-refractivity contribution in [3.8, 4) is 5.75 Å². The van der Waals surface area contributed by atoms with E-state index in [0.29, 0.717) is 23.0 Å². The molecule has 9 heteroatoms. The zero-order valence-corrected chi connectivity index (χ0v) is 19.0. The number of halogens is 2. The Bertz CT molecular complexity index is 1200. The fourth-order valence-corrected chi connectivity index (χ4v) is 3.27. The lowest BCUT2D eigenvalue weighted by molar-refractivity contribution is 0.102. The summed E-state index contributed by atoms with van der Waals surface area (Å²) in [6.07, 6.45) is 5.08. The molecule has 4 rings (SSSR count). The van der Waals surface area contributed by atoms with E-state index in [-0.39, 0.29) is 18.3 Å². The van der Waals surface area contributed by atoms with Crippen LogP contribution in [0, 0.1) is 6.92 Å². The average molecular weight is 501 g/mol. The third kappa shape index (κ3) is 5.53. The van der Waals surface area contributed by atoms with E-state index in [2.05, 4.69) is 31.4 Å². The lowest BCUT2D eigenvalue weighted by Gasteiger charge is -2.07. The van der Waals surface area contributed by atoms with Crippen molar-refractivity contribution in [2.24, 2.45) is 0 Å². The first-order valence-corrected chi connectivity index (χ1v) is 10.6. The molecule has 7 nitrogen and oxygen atoms in total. The Morgan fingerprint density at radius 3 is 2.74 bits per heavy atom. The van der Waals surface area contributed by atoms with Crippen LogP contribution in [0.15, 0.2) is 71.6 Å². The first-order valence-electron chi connectivity index (χ1n) is 9.47. The SMILES string of the molecule is Cc1cc(OCn2ccc(C(=O)Nc3cnn(Cc4ccc(Br)cc4)c3)n2)ccc1Cl. The molecule has 0 atom stereocenters. The van der Waals surface area contributed by atoms with E-state index in [0.717, 1.165) is 15.6 Å². The molecule has 0 aliphatic rings. The average Bonchev–Trinajstić information content (AvgIpc) is 3.40. The Morgan fingerprint density at radius 1 is 1.16 bits per heavy atom. The highest BCUT2D eigenvalue weighted by atomic mass is 79.9. The molecule has 2 aromatic heterocycles. The smallest absolute Gasteiger partial charge is 0.276 e. The van der Waals surface area contributed by atoms with E-state index in [1.54, 1.807) is 46.2 Å². The summed E-state index contributed by atoms with van der Waals surface area (Å²) in [6.45, 7) is 2.70. The third-order valence-electron chi connectivity index (χ3n) is 4.52. The van der Waals surface area contributed by atoms with Crippen LogP contribution in [0.4, 0.5) is 5.69 Å². The van der Waals surface area contributed by atoms with Crippen LogP contribution in [0.2, 0.25) is 5.02 Å². The summed E-state index contributed by atoms with van der Waals surface area (Å²) in [4.78, 5) is 12.5. The van der Waals surface area contributed by atoms with E-state index in [9.17, 15) is 4.79 Å². The van der Waals surface area contributed by atoms with Crippen molar-refractivity contribution in [2.75, 3.05) is 5.32 Å². The molecule has 0 bridgehead atoms. The van der Waals surface area contributed by atoms with Crippen LogP contribution in [0.3, 0.4) is 0 Å².